The van der Waals surface area contributed by atoms with Gasteiger partial charge < -0.3 is 10.6 Å². The van der Waals surface area contributed by atoms with Crippen molar-refractivity contribution in [2.75, 3.05) is 6.54 Å². The Kier molecular flexibility index (Phi) is 5.51. The molecule has 0 radical (unpaired) electrons. The summed E-state index contributed by atoms with van der Waals surface area (Å²) in [6.07, 6.45) is 3.21. The van der Waals surface area contributed by atoms with Gasteiger partial charge in [-0.15, -0.1) is 0 Å². The fourth-order valence-electron chi connectivity index (χ4n) is 2.94. The quantitative estimate of drug-likeness (QED) is 0.750. The van der Waals surface area contributed by atoms with Crippen LogP contribution in [0.5, 0.6) is 0 Å². The maximum atomic E-state index is 12.2. The van der Waals surface area contributed by atoms with Crippen LogP contribution in [0.3, 0.4) is 0 Å². The van der Waals surface area contributed by atoms with Crippen molar-refractivity contribution in [1.82, 2.24) is 10.6 Å². The molecule has 1 unspecified atom stereocenters. The van der Waals surface area contributed by atoms with Crippen molar-refractivity contribution < 1.29 is 9.59 Å². The van der Waals surface area contributed by atoms with Crippen molar-refractivity contribution in [1.29, 1.82) is 0 Å². The van der Waals surface area contributed by atoms with Gasteiger partial charge in [-0.1, -0.05) is 44.5 Å². The summed E-state index contributed by atoms with van der Waals surface area (Å²) in [5.74, 6) is -0.790. The molecule has 1 aromatic rings. The normalized spacial score (nSPS) is 15.5. The molecule has 114 valence electrons. The van der Waals surface area contributed by atoms with E-state index in [-0.39, 0.29) is 17.9 Å². The lowest BCUT2D eigenvalue weighted by Gasteiger charge is -2.17. The van der Waals surface area contributed by atoms with Gasteiger partial charge in [-0.2, -0.15) is 0 Å². The predicted molar refractivity (Wildman–Crippen MR) is 83.2 cm³/mol. The number of Topliss-reactive ketones (excluding diaryl/α,β-unsaturated/α-hetero) is 1. The zero-order valence-electron chi connectivity index (χ0n) is 12.8. The van der Waals surface area contributed by atoms with Crippen molar-refractivity contribution in [2.45, 2.75) is 51.6 Å². The minimum absolute atomic E-state index is 0.0442. The fourth-order valence-corrected chi connectivity index (χ4v) is 2.94. The van der Waals surface area contributed by atoms with E-state index in [0.717, 1.165) is 19.3 Å². The van der Waals surface area contributed by atoms with E-state index >= 15 is 0 Å². The number of fused-ring (bicyclic) bond motifs is 1. The lowest BCUT2D eigenvalue weighted by molar-refractivity contribution is -0.139. The first kappa shape index (κ1) is 15.7. The smallest absolute Gasteiger partial charge is 0.289 e. The molecule has 21 heavy (non-hydrogen) atoms. The summed E-state index contributed by atoms with van der Waals surface area (Å²) in [7, 11) is 0. The molecule has 0 saturated heterocycles. The lowest BCUT2D eigenvalue weighted by atomic mass is 10.1. The molecule has 0 heterocycles. The molecule has 0 aromatic heterocycles. The van der Waals surface area contributed by atoms with Crippen LogP contribution >= 0.6 is 0 Å². The number of rotatable bonds is 7. The standard InChI is InChI=1S/C17H24N2O2/c1-3-7-15(18-4-2)16(20)17(21)19-14-10-12-8-5-6-9-13(12)11-14/h5-6,8-9,14-15,18H,3-4,7,10-11H2,1-2H3,(H,19,21). The minimum Gasteiger partial charge on any atom is -0.346 e. The van der Waals surface area contributed by atoms with E-state index in [2.05, 4.69) is 22.8 Å². The van der Waals surface area contributed by atoms with Gasteiger partial charge in [-0.3, -0.25) is 9.59 Å². The van der Waals surface area contributed by atoms with Crippen LogP contribution in [0.2, 0.25) is 0 Å². The molecule has 0 saturated carbocycles. The maximum absolute atomic E-state index is 12.2. The van der Waals surface area contributed by atoms with Crippen LogP contribution in [-0.4, -0.2) is 30.3 Å². The highest BCUT2D eigenvalue weighted by molar-refractivity contribution is 6.38. The second kappa shape index (κ2) is 7.36. The highest BCUT2D eigenvalue weighted by Crippen LogP contribution is 2.21. The zero-order valence-corrected chi connectivity index (χ0v) is 12.8. The number of amides is 1. The van der Waals surface area contributed by atoms with Gasteiger partial charge in [-0.25, -0.2) is 0 Å². The van der Waals surface area contributed by atoms with E-state index < -0.39 is 5.91 Å². The number of hydrogen-bond donors (Lipinski definition) is 2. The number of carbonyl (C=O) groups is 2. The molecule has 1 atom stereocenters. The average molecular weight is 288 g/mol. The fraction of sp³-hybridized carbons (Fsp3) is 0.529. The minimum atomic E-state index is -0.452. The van der Waals surface area contributed by atoms with E-state index in [4.69, 9.17) is 0 Å². The Hall–Kier alpha value is -1.68. The molecule has 0 spiro atoms. The van der Waals surface area contributed by atoms with Gasteiger partial charge in [0.1, 0.15) is 0 Å². The molecule has 4 nitrogen and oxygen atoms in total. The molecule has 1 aliphatic rings. The molecule has 1 amide bonds. The van der Waals surface area contributed by atoms with Gasteiger partial charge >= 0.3 is 0 Å². The Bertz CT molecular complexity index is 482. The first-order chi connectivity index (χ1) is 10.2. The van der Waals surface area contributed by atoms with Gasteiger partial charge in [0.05, 0.1) is 6.04 Å². The molecular formula is C17H24N2O2. The van der Waals surface area contributed by atoms with E-state index in [1.54, 1.807) is 0 Å². The molecule has 1 aliphatic carbocycles. The largest absolute Gasteiger partial charge is 0.346 e. The Morgan fingerprint density at radius 3 is 2.33 bits per heavy atom. The van der Waals surface area contributed by atoms with Crippen LogP contribution in [0.4, 0.5) is 0 Å². The van der Waals surface area contributed by atoms with Crippen molar-refractivity contribution in [3.8, 4) is 0 Å². The zero-order chi connectivity index (χ0) is 15.2. The third kappa shape index (κ3) is 3.91. The lowest BCUT2D eigenvalue weighted by Crippen LogP contribution is -2.48. The number of nitrogens with one attached hydrogen (secondary N) is 2. The monoisotopic (exact) mass is 288 g/mol. The number of ketones is 1. The van der Waals surface area contributed by atoms with Crippen molar-refractivity contribution >= 4 is 11.7 Å². The van der Waals surface area contributed by atoms with Gasteiger partial charge in [-0.05, 0) is 36.9 Å². The van der Waals surface area contributed by atoms with E-state index in [1.807, 2.05) is 26.0 Å². The molecule has 0 bridgehead atoms. The SMILES string of the molecule is CCCC(NCC)C(=O)C(=O)NC1Cc2ccccc2C1. The summed E-state index contributed by atoms with van der Waals surface area (Å²) < 4.78 is 0. The summed E-state index contributed by atoms with van der Waals surface area (Å²) in [6.45, 7) is 4.66. The second-order valence-corrected chi connectivity index (χ2v) is 5.61. The Morgan fingerprint density at radius 1 is 1.19 bits per heavy atom. The van der Waals surface area contributed by atoms with E-state index in [0.29, 0.717) is 13.0 Å². The van der Waals surface area contributed by atoms with Crippen LogP contribution in [0, 0.1) is 0 Å². The first-order valence-corrected chi connectivity index (χ1v) is 7.80. The summed E-state index contributed by atoms with van der Waals surface area (Å²) in [4.78, 5) is 24.3. The van der Waals surface area contributed by atoms with Crippen LogP contribution in [0.1, 0.15) is 37.8 Å². The first-order valence-electron chi connectivity index (χ1n) is 7.80. The average Bonchev–Trinajstić information content (AvgIpc) is 2.88. The molecule has 4 heteroatoms. The van der Waals surface area contributed by atoms with Gasteiger partial charge in [0.25, 0.3) is 5.91 Å². The predicted octanol–water partition coefficient (Wildman–Crippen LogP) is 1.62. The van der Waals surface area contributed by atoms with Gasteiger partial charge in [0.15, 0.2) is 0 Å². The molecule has 1 aromatic carbocycles. The number of likely N-dealkylation sites (N-methyl/N-ethyl adjacent to an activating group) is 1. The van der Waals surface area contributed by atoms with Crippen LogP contribution in [-0.2, 0) is 22.4 Å². The number of hydrogen-bond acceptors (Lipinski definition) is 3. The Balaban J connectivity index is 1.91. The highest BCUT2D eigenvalue weighted by atomic mass is 16.2. The summed E-state index contributed by atoms with van der Waals surface area (Å²) in [5, 5.41) is 5.99. The molecular weight excluding hydrogens is 264 g/mol. The van der Waals surface area contributed by atoms with Crippen LogP contribution in [0.25, 0.3) is 0 Å². The highest BCUT2D eigenvalue weighted by Gasteiger charge is 2.28. The van der Waals surface area contributed by atoms with Crippen LogP contribution < -0.4 is 10.6 Å². The van der Waals surface area contributed by atoms with E-state index in [1.165, 1.54) is 11.1 Å². The number of benzene rings is 1. The topological polar surface area (TPSA) is 58.2 Å². The van der Waals surface area contributed by atoms with Gasteiger partial charge in [0, 0.05) is 6.04 Å². The maximum Gasteiger partial charge on any atom is 0.289 e. The Morgan fingerprint density at radius 2 is 1.81 bits per heavy atom. The molecule has 0 aliphatic heterocycles. The molecule has 0 fully saturated rings. The van der Waals surface area contributed by atoms with Crippen molar-refractivity contribution in [2.24, 2.45) is 0 Å². The summed E-state index contributed by atoms with van der Waals surface area (Å²) in [6, 6.07) is 7.88. The third-order valence-electron chi connectivity index (χ3n) is 3.95. The van der Waals surface area contributed by atoms with Gasteiger partial charge in [0.2, 0.25) is 5.78 Å². The third-order valence-corrected chi connectivity index (χ3v) is 3.95. The summed E-state index contributed by atoms with van der Waals surface area (Å²) in [5.41, 5.74) is 2.54. The number of carbonyl (C=O) groups excluding carboxylic acids is 2. The molecule has 2 rings (SSSR count). The second-order valence-electron chi connectivity index (χ2n) is 5.61. The Labute approximate surface area is 126 Å². The van der Waals surface area contributed by atoms with Crippen molar-refractivity contribution in [3.05, 3.63) is 35.4 Å². The van der Waals surface area contributed by atoms with Crippen molar-refractivity contribution in [3.63, 3.8) is 0 Å². The summed E-state index contributed by atoms with van der Waals surface area (Å²) >= 11 is 0. The molecule has 2 N–H and O–H groups in total. The van der Waals surface area contributed by atoms with Crippen LogP contribution in [0.15, 0.2) is 24.3 Å². The van der Waals surface area contributed by atoms with E-state index in [9.17, 15) is 9.59 Å².